The van der Waals surface area contributed by atoms with Crippen LogP contribution in [-0.4, -0.2) is 43.7 Å². The topological polar surface area (TPSA) is 24.1 Å². The van der Waals surface area contributed by atoms with Crippen LogP contribution < -0.4 is 10.6 Å². The Morgan fingerprint density at radius 2 is 1.51 bits per heavy atom. The van der Waals surface area contributed by atoms with Crippen molar-refractivity contribution in [2.24, 2.45) is 23.7 Å². The lowest BCUT2D eigenvalue weighted by Gasteiger charge is -2.62. The highest BCUT2D eigenvalue weighted by Crippen LogP contribution is 2.65. The van der Waals surface area contributed by atoms with Crippen LogP contribution in [-0.2, 0) is 17.0 Å². The van der Waals surface area contributed by atoms with Crippen molar-refractivity contribution in [3.63, 3.8) is 0 Å². The van der Waals surface area contributed by atoms with Crippen molar-refractivity contribution in [2.75, 3.05) is 32.3 Å². The first-order valence-electron chi connectivity index (χ1n) is 17.0. The van der Waals surface area contributed by atoms with Crippen LogP contribution in [0.25, 0.3) is 0 Å². The largest absolute Gasteiger partial charge is 0.316 e. The van der Waals surface area contributed by atoms with Gasteiger partial charge in [0.2, 0.25) is 0 Å². The van der Waals surface area contributed by atoms with Crippen molar-refractivity contribution < 1.29 is 0 Å². The molecule has 4 saturated carbocycles. The molecule has 2 nitrogen and oxygen atoms in total. The van der Waals surface area contributed by atoms with E-state index < -0.39 is 0 Å². The van der Waals surface area contributed by atoms with Crippen LogP contribution in [0.2, 0.25) is 0 Å². The van der Waals surface area contributed by atoms with Crippen LogP contribution >= 0.6 is 17.2 Å². The molecule has 6 aliphatic rings. The normalized spacial score (nSPS) is 35.9. The van der Waals surface area contributed by atoms with Crippen LogP contribution in [0.3, 0.4) is 0 Å². The highest BCUT2D eigenvalue weighted by atomic mass is 31.1. The van der Waals surface area contributed by atoms with Gasteiger partial charge in [-0.15, -0.1) is 9.24 Å². The van der Waals surface area contributed by atoms with Crippen molar-refractivity contribution in [1.29, 1.82) is 0 Å². The maximum absolute atomic E-state index is 3.83. The lowest BCUT2D eigenvalue weighted by atomic mass is 9.43. The van der Waals surface area contributed by atoms with E-state index in [9.17, 15) is 0 Å². The molecule has 4 heteroatoms. The molecule has 222 valence electrons. The van der Waals surface area contributed by atoms with Crippen LogP contribution in [0, 0.1) is 23.7 Å². The molecule has 0 spiro atoms. The predicted octanol–water partition coefficient (Wildman–Crippen LogP) is 8.07. The van der Waals surface area contributed by atoms with Crippen LogP contribution in [0.1, 0.15) is 93.9 Å². The lowest BCUT2D eigenvalue weighted by Crippen LogP contribution is -2.56. The van der Waals surface area contributed by atoms with Gasteiger partial charge in [-0.2, -0.15) is 0 Å². The summed E-state index contributed by atoms with van der Waals surface area (Å²) >= 11 is 0. The Balaban J connectivity index is 1.33. The average Bonchev–Trinajstić information content (AvgIpc) is 3.00. The summed E-state index contributed by atoms with van der Waals surface area (Å²) < 4.78 is 0. The van der Waals surface area contributed by atoms with Gasteiger partial charge in [-0.1, -0.05) is 70.3 Å². The Morgan fingerprint density at radius 1 is 0.854 bits per heavy atom. The van der Waals surface area contributed by atoms with Crippen LogP contribution in [0.4, 0.5) is 0 Å². The average molecular weight is 589 g/mol. The fraction of sp³-hybridized carbons (Fsp3) is 0.676. The first-order valence-corrected chi connectivity index (χ1v) is 19.5. The van der Waals surface area contributed by atoms with Crippen LogP contribution in [0.15, 0.2) is 48.5 Å². The number of hydrogen-bond acceptors (Lipinski definition) is 2. The molecule has 2 aliphatic heterocycles. The summed E-state index contributed by atoms with van der Waals surface area (Å²) in [6, 6.07) is 19.3. The second kappa shape index (κ2) is 12.0. The molecule has 2 aromatic carbocycles. The number of benzene rings is 2. The SMILES string of the molecule is CC(C)(c1ccccc1)c1ccc(C23CC4CC(CC(C4)C2CP)C3)c(CP(C2CCCNC2)C2CCCNC2)c1. The van der Waals surface area contributed by atoms with Gasteiger partial charge in [-0.3, -0.25) is 0 Å². The molecule has 2 heterocycles. The van der Waals surface area contributed by atoms with Gasteiger partial charge < -0.3 is 10.6 Å². The monoisotopic (exact) mass is 588 g/mol. The predicted molar refractivity (Wildman–Crippen MR) is 181 cm³/mol. The van der Waals surface area contributed by atoms with E-state index in [0.717, 1.165) is 35.0 Å². The summed E-state index contributed by atoms with van der Waals surface area (Å²) in [6.07, 6.45) is 15.7. The molecule has 0 aromatic heterocycles. The highest BCUT2D eigenvalue weighted by molar-refractivity contribution is 7.58. The van der Waals surface area contributed by atoms with Gasteiger partial charge in [0.05, 0.1) is 0 Å². The third-order valence-electron chi connectivity index (χ3n) is 12.5. The Bertz CT molecular complexity index is 1150. The van der Waals surface area contributed by atoms with Gasteiger partial charge in [-0.25, -0.2) is 0 Å². The fourth-order valence-corrected chi connectivity index (χ4v) is 14.9. The zero-order chi connectivity index (χ0) is 28.0. The summed E-state index contributed by atoms with van der Waals surface area (Å²) in [5.74, 6) is 3.75. The van der Waals surface area contributed by atoms with Crippen LogP contribution in [0.5, 0.6) is 0 Å². The summed E-state index contributed by atoms with van der Waals surface area (Å²) in [5, 5.41) is 7.66. The molecule has 6 unspecified atom stereocenters. The van der Waals surface area contributed by atoms with E-state index >= 15 is 0 Å². The van der Waals surface area contributed by atoms with Gasteiger partial charge in [0.25, 0.3) is 0 Å². The van der Waals surface area contributed by atoms with E-state index in [0.29, 0.717) is 5.41 Å². The molecule has 2 aromatic rings. The minimum absolute atomic E-state index is 0.0115. The van der Waals surface area contributed by atoms with Crippen molar-refractivity contribution >= 4 is 17.2 Å². The minimum Gasteiger partial charge on any atom is -0.316 e. The second-order valence-electron chi connectivity index (χ2n) is 15.1. The molecule has 41 heavy (non-hydrogen) atoms. The Morgan fingerprint density at radius 3 is 2.10 bits per heavy atom. The zero-order valence-corrected chi connectivity index (χ0v) is 27.8. The molecule has 6 atom stereocenters. The first-order chi connectivity index (χ1) is 20.0. The summed E-state index contributed by atoms with van der Waals surface area (Å²) in [6.45, 7) is 9.85. The molecule has 0 amide bonds. The van der Waals surface area contributed by atoms with E-state index in [1.54, 1.807) is 11.1 Å². The number of nitrogens with one attached hydrogen (secondary N) is 2. The number of hydrogen-bond donors (Lipinski definition) is 2. The molecule has 6 fully saturated rings. The second-order valence-corrected chi connectivity index (χ2v) is 18.4. The highest BCUT2D eigenvalue weighted by Gasteiger charge is 2.57. The minimum atomic E-state index is -0.0820. The summed E-state index contributed by atoms with van der Waals surface area (Å²) in [4.78, 5) is 0. The molecular weight excluding hydrogens is 534 g/mol. The van der Waals surface area contributed by atoms with E-state index in [4.69, 9.17) is 0 Å². The van der Waals surface area contributed by atoms with Gasteiger partial charge >= 0.3 is 0 Å². The third-order valence-corrected chi connectivity index (χ3v) is 16.4. The van der Waals surface area contributed by atoms with Crippen molar-refractivity contribution in [1.82, 2.24) is 10.6 Å². The molecule has 0 radical (unpaired) electrons. The smallest absolute Gasteiger partial charge is 0.0146 e. The summed E-state index contributed by atoms with van der Waals surface area (Å²) in [5.41, 5.74) is 8.69. The maximum Gasteiger partial charge on any atom is 0.0146 e. The Labute approximate surface area is 254 Å². The van der Waals surface area contributed by atoms with E-state index in [-0.39, 0.29) is 13.3 Å². The van der Waals surface area contributed by atoms with Gasteiger partial charge in [0, 0.05) is 18.5 Å². The van der Waals surface area contributed by atoms with Gasteiger partial charge in [0.1, 0.15) is 0 Å². The van der Waals surface area contributed by atoms with E-state index in [2.05, 4.69) is 82.3 Å². The molecular formula is C37H54N2P2. The molecule has 8 rings (SSSR count). The van der Waals surface area contributed by atoms with Crippen molar-refractivity contribution in [3.05, 3.63) is 70.8 Å². The zero-order valence-electron chi connectivity index (χ0n) is 25.7. The molecule has 4 aliphatic carbocycles. The number of rotatable bonds is 8. The molecule has 4 bridgehead atoms. The van der Waals surface area contributed by atoms with Crippen molar-refractivity contribution in [2.45, 2.75) is 99.9 Å². The van der Waals surface area contributed by atoms with Crippen molar-refractivity contribution in [3.8, 4) is 0 Å². The van der Waals surface area contributed by atoms with E-state index in [1.165, 1.54) is 107 Å². The summed E-state index contributed by atoms with van der Waals surface area (Å²) in [7, 11) is 3.14. The van der Waals surface area contributed by atoms with E-state index in [1.807, 2.05) is 0 Å². The lowest BCUT2D eigenvalue weighted by molar-refractivity contribution is -0.0520. The standard InChI is InChI=1S/C37H54N2P2/c1-36(2,30-8-4-3-5-9-30)31-12-13-34(37-20-26-16-27(21-37)18-28(17-26)35(37)24-40)29(19-31)25-41(32-10-6-14-38-22-32)33-11-7-15-39-23-33/h3-5,8-9,12-13,19,26-28,32-33,35,38-39H,6-7,10-11,14-18,20-25,40H2,1-2H3. The third kappa shape index (κ3) is 5.41. The molecule has 2 saturated heterocycles. The number of piperidine rings is 2. The van der Waals surface area contributed by atoms with Gasteiger partial charge in [-0.05, 0) is 146 Å². The fourth-order valence-electron chi connectivity index (χ4n) is 10.6. The Kier molecular flexibility index (Phi) is 8.45. The first kappa shape index (κ1) is 29.0. The molecule has 2 N–H and O–H groups in total. The maximum atomic E-state index is 3.83. The quantitative estimate of drug-likeness (QED) is 0.305. The van der Waals surface area contributed by atoms with Gasteiger partial charge in [0.15, 0.2) is 0 Å². The Hall–Kier alpha value is -0.780.